The van der Waals surface area contributed by atoms with Crippen molar-refractivity contribution in [3.63, 3.8) is 0 Å². The summed E-state index contributed by atoms with van der Waals surface area (Å²) in [5.74, 6) is 0.976. The molecule has 0 amide bonds. The first-order valence-electron chi connectivity index (χ1n) is 7.37. The summed E-state index contributed by atoms with van der Waals surface area (Å²) in [7, 11) is 1.82. The molecule has 3 heteroatoms. The zero-order valence-electron chi connectivity index (χ0n) is 11.0. The number of ether oxygens (including phenoxy) is 1. The lowest BCUT2D eigenvalue weighted by molar-refractivity contribution is 0.0170. The number of methoxy groups -OCH3 is 1. The monoisotopic (exact) mass is 238 g/mol. The van der Waals surface area contributed by atoms with Gasteiger partial charge >= 0.3 is 0 Å². The van der Waals surface area contributed by atoms with E-state index in [9.17, 15) is 0 Å². The van der Waals surface area contributed by atoms with Crippen LogP contribution < -0.4 is 10.6 Å². The summed E-state index contributed by atoms with van der Waals surface area (Å²) in [5, 5.41) is 7.52. The maximum absolute atomic E-state index is 5.31. The highest BCUT2D eigenvalue weighted by Gasteiger charge is 2.36. The van der Waals surface area contributed by atoms with Crippen LogP contribution >= 0.6 is 0 Å². The number of fused-ring (bicyclic) bond motifs is 1. The molecule has 3 aliphatic rings. The SMILES string of the molecule is COC1CC(NCC2CC3CCCCC3N2)C1. The summed E-state index contributed by atoms with van der Waals surface area (Å²) in [6.07, 6.45) is 10.1. The fraction of sp³-hybridized carbons (Fsp3) is 1.00. The summed E-state index contributed by atoms with van der Waals surface area (Å²) in [4.78, 5) is 0. The average Bonchev–Trinajstić information content (AvgIpc) is 2.69. The van der Waals surface area contributed by atoms with Crippen LogP contribution in [-0.2, 0) is 4.74 Å². The van der Waals surface area contributed by atoms with Crippen LogP contribution in [0.2, 0.25) is 0 Å². The number of hydrogen-bond donors (Lipinski definition) is 2. The van der Waals surface area contributed by atoms with Crippen LogP contribution in [0.15, 0.2) is 0 Å². The highest BCUT2D eigenvalue weighted by Crippen LogP contribution is 2.33. The fourth-order valence-corrected chi connectivity index (χ4v) is 3.82. The summed E-state index contributed by atoms with van der Waals surface area (Å²) >= 11 is 0. The van der Waals surface area contributed by atoms with Crippen LogP contribution in [-0.4, -0.2) is 37.9 Å². The Labute approximate surface area is 105 Å². The van der Waals surface area contributed by atoms with E-state index in [0.29, 0.717) is 12.1 Å². The highest BCUT2D eigenvalue weighted by molar-refractivity contribution is 4.95. The Bertz CT molecular complexity index is 239. The molecule has 0 aromatic carbocycles. The van der Waals surface area contributed by atoms with Crippen molar-refractivity contribution in [2.45, 2.75) is 69.2 Å². The van der Waals surface area contributed by atoms with Gasteiger partial charge in [0.15, 0.2) is 0 Å². The van der Waals surface area contributed by atoms with E-state index in [2.05, 4.69) is 10.6 Å². The van der Waals surface area contributed by atoms with Gasteiger partial charge in [0.05, 0.1) is 6.10 Å². The zero-order valence-corrected chi connectivity index (χ0v) is 11.0. The minimum Gasteiger partial charge on any atom is -0.381 e. The topological polar surface area (TPSA) is 33.3 Å². The van der Waals surface area contributed by atoms with E-state index in [4.69, 9.17) is 4.74 Å². The zero-order chi connectivity index (χ0) is 11.7. The molecule has 1 aliphatic heterocycles. The molecule has 3 fully saturated rings. The second-order valence-electron chi connectivity index (χ2n) is 6.18. The highest BCUT2D eigenvalue weighted by atomic mass is 16.5. The molecule has 2 N–H and O–H groups in total. The van der Waals surface area contributed by atoms with Crippen LogP contribution in [0.3, 0.4) is 0 Å². The second-order valence-corrected chi connectivity index (χ2v) is 6.18. The summed E-state index contributed by atoms with van der Waals surface area (Å²) in [6.45, 7) is 1.16. The molecule has 0 aromatic rings. The lowest BCUT2D eigenvalue weighted by Gasteiger charge is -2.35. The van der Waals surface area contributed by atoms with E-state index in [0.717, 1.165) is 24.5 Å². The Morgan fingerprint density at radius 1 is 1.18 bits per heavy atom. The first kappa shape index (κ1) is 11.9. The first-order chi connectivity index (χ1) is 8.35. The third kappa shape index (κ3) is 2.67. The van der Waals surface area contributed by atoms with Gasteiger partial charge in [0.1, 0.15) is 0 Å². The van der Waals surface area contributed by atoms with E-state index in [1.54, 1.807) is 0 Å². The van der Waals surface area contributed by atoms with Crippen molar-refractivity contribution in [3.8, 4) is 0 Å². The quantitative estimate of drug-likeness (QED) is 0.782. The van der Waals surface area contributed by atoms with Crippen molar-refractivity contribution in [2.24, 2.45) is 5.92 Å². The fourth-order valence-electron chi connectivity index (χ4n) is 3.82. The summed E-state index contributed by atoms with van der Waals surface area (Å²) in [6, 6.07) is 2.28. The van der Waals surface area contributed by atoms with Crippen molar-refractivity contribution >= 4 is 0 Å². The van der Waals surface area contributed by atoms with Crippen LogP contribution in [0, 0.1) is 5.92 Å². The van der Waals surface area contributed by atoms with E-state index >= 15 is 0 Å². The van der Waals surface area contributed by atoms with E-state index < -0.39 is 0 Å². The molecule has 3 rings (SSSR count). The predicted molar refractivity (Wildman–Crippen MR) is 69.1 cm³/mol. The van der Waals surface area contributed by atoms with Crippen LogP contribution in [0.25, 0.3) is 0 Å². The molecule has 0 aromatic heterocycles. The maximum atomic E-state index is 5.31. The predicted octanol–water partition coefficient (Wildman–Crippen LogP) is 1.67. The van der Waals surface area contributed by atoms with Gasteiger partial charge in [-0.2, -0.15) is 0 Å². The Morgan fingerprint density at radius 2 is 2.00 bits per heavy atom. The van der Waals surface area contributed by atoms with Gasteiger partial charge in [-0.05, 0) is 38.0 Å². The van der Waals surface area contributed by atoms with Crippen molar-refractivity contribution < 1.29 is 4.74 Å². The molecule has 2 saturated carbocycles. The molecule has 0 radical (unpaired) electrons. The van der Waals surface area contributed by atoms with Crippen molar-refractivity contribution in [3.05, 3.63) is 0 Å². The first-order valence-corrected chi connectivity index (χ1v) is 7.37. The molecule has 98 valence electrons. The van der Waals surface area contributed by atoms with Gasteiger partial charge in [-0.15, -0.1) is 0 Å². The van der Waals surface area contributed by atoms with E-state index in [-0.39, 0.29) is 0 Å². The van der Waals surface area contributed by atoms with Gasteiger partial charge in [0.25, 0.3) is 0 Å². The Hall–Kier alpha value is -0.120. The van der Waals surface area contributed by atoms with Gasteiger partial charge in [-0.3, -0.25) is 0 Å². The second kappa shape index (κ2) is 5.25. The molecule has 3 nitrogen and oxygen atoms in total. The Kier molecular flexibility index (Phi) is 3.69. The standard InChI is InChI=1S/C14H26N2O/c1-17-13-7-11(8-13)15-9-12-6-10-4-2-3-5-14(10)16-12/h10-16H,2-9H2,1H3. The maximum Gasteiger partial charge on any atom is 0.0601 e. The molecule has 3 atom stereocenters. The molecule has 1 saturated heterocycles. The van der Waals surface area contributed by atoms with Crippen molar-refractivity contribution in [1.29, 1.82) is 0 Å². The number of hydrogen-bond acceptors (Lipinski definition) is 3. The molecule has 2 aliphatic carbocycles. The van der Waals surface area contributed by atoms with Gasteiger partial charge in [-0.1, -0.05) is 12.8 Å². The summed E-state index contributed by atoms with van der Waals surface area (Å²) in [5.41, 5.74) is 0. The molecule has 0 bridgehead atoms. The Balaban J connectivity index is 1.36. The molecular formula is C14H26N2O. The van der Waals surface area contributed by atoms with Crippen molar-refractivity contribution in [2.75, 3.05) is 13.7 Å². The van der Waals surface area contributed by atoms with Crippen molar-refractivity contribution in [1.82, 2.24) is 10.6 Å². The van der Waals surface area contributed by atoms with E-state index in [1.165, 1.54) is 44.9 Å². The average molecular weight is 238 g/mol. The minimum absolute atomic E-state index is 0.520. The lowest BCUT2D eigenvalue weighted by Crippen LogP contribution is -2.49. The smallest absolute Gasteiger partial charge is 0.0601 e. The van der Waals surface area contributed by atoms with Gasteiger partial charge in [0, 0.05) is 31.8 Å². The third-order valence-corrected chi connectivity index (χ3v) is 5.03. The van der Waals surface area contributed by atoms with Crippen LogP contribution in [0.5, 0.6) is 0 Å². The summed E-state index contributed by atoms with van der Waals surface area (Å²) < 4.78 is 5.31. The molecule has 1 heterocycles. The van der Waals surface area contributed by atoms with Gasteiger partial charge in [0.2, 0.25) is 0 Å². The molecule has 0 spiro atoms. The Morgan fingerprint density at radius 3 is 2.76 bits per heavy atom. The third-order valence-electron chi connectivity index (χ3n) is 5.03. The van der Waals surface area contributed by atoms with Gasteiger partial charge in [-0.25, -0.2) is 0 Å². The largest absolute Gasteiger partial charge is 0.381 e. The lowest BCUT2D eigenvalue weighted by atomic mass is 9.85. The van der Waals surface area contributed by atoms with Crippen LogP contribution in [0.1, 0.15) is 44.9 Å². The number of rotatable bonds is 4. The normalized spacial score (nSPS) is 45.4. The van der Waals surface area contributed by atoms with Crippen LogP contribution in [0.4, 0.5) is 0 Å². The van der Waals surface area contributed by atoms with Gasteiger partial charge < -0.3 is 15.4 Å². The van der Waals surface area contributed by atoms with E-state index in [1.807, 2.05) is 7.11 Å². The molecule has 3 unspecified atom stereocenters. The molecule has 17 heavy (non-hydrogen) atoms. The minimum atomic E-state index is 0.520. The number of nitrogens with one attached hydrogen (secondary N) is 2. The molecular weight excluding hydrogens is 212 g/mol.